The first-order chi connectivity index (χ1) is 11.2. The predicted octanol–water partition coefficient (Wildman–Crippen LogP) is 2.71. The fourth-order valence-electron chi connectivity index (χ4n) is 2.77. The minimum atomic E-state index is 0.00271. The van der Waals surface area contributed by atoms with E-state index in [0.717, 1.165) is 18.8 Å². The molecule has 3 rings (SSSR count). The largest absolute Gasteiger partial charge is 0.496 e. The molecule has 0 saturated carbocycles. The molecule has 1 aromatic heterocycles. The zero-order valence-corrected chi connectivity index (χ0v) is 13.7. The Morgan fingerprint density at radius 2 is 1.91 bits per heavy atom. The van der Waals surface area contributed by atoms with Crippen LogP contribution in [0.5, 0.6) is 5.75 Å². The van der Waals surface area contributed by atoms with E-state index in [1.165, 1.54) is 0 Å². The van der Waals surface area contributed by atoms with E-state index in [1.807, 2.05) is 23.1 Å². The summed E-state index contributed by atoms with van der Waals surface area (Å²) in [5.41, 5.74) is 1.57. The Kier molecular flexibility index (Phi) is 4.67. The van der Waals surface area contributed by atoms with Crippen molar-refractivity contribution in [3.05, 3.63) is 53.3 Å². The van der Waals surface area contributed by atoms with Crippen molar-refractivity contribution in [2.75, 3.05) is 38.2 Å². The Hall–Kier alpha value is -2.27. The maximum Gasteiger partial charge on any atom is 0.257 e. The van der Waals surface area contributed by atoms with Gasteiger partial charge in [-0.2, -0.15) is 0 Å². The van der Waals surface area contributed by atoms with Gasteiger partial charge >= 0.3 is 0 Å². The predicted molar refractivity (Wildman–Crippen MR) is 90.4 cm³/mol. The molecule has 2 heterocycles. The molecule has 23 heavy (non-hydrogen) atoms. The lowest BCUT2D eigenvalue weighted by molar-refractivity contribution is 0.0743. The quantitative estimate of drug-likeness (QED) is 0.867. The summed E-state index contributed by atoms with van der Waals surface area (Å²) in [6.45, 7) is 2.78. The maximum atomic E-state index is 12.7. The van der Waals surface area contributed by atoms with Crippen LogP contribution in [-0.2, 0) is 0 Å². The van der Waals surface area contributed by atoms with Crippen molar-refractivity contribution in [3.8, 4) is 5.75 Å². The summed E-state index contributed by atoms with van der Waals surface area (Å²) in [6, 6.07) is 9.22. The molecule has 2 aromatic rings. The summed E-state index contributed by atoms with van der Waals surface area (Å²) in [5, 5.41) is 0.636. The van der Waals surface area contributed by atoms with Crippen molar-refractivity contribution < 1.29 is 9.53 Å². The van der Waals surface area contributed by atoms with E-state index in [2.05, 4.69) is 9.88 Å². The molecule has 0 aliphatic carbocycles. The number of piperazine rings is 1. The van der Waals surface area contributed by atoms with Gasteiger partial charge in [0.25, 0.3) is 5.91 Å². The normalized spacial score (nSPS) is 14.7. The van der Waals surface area contributed by atoms with E-state index >= 15 is 0 Å². The molecule has 1 amide bonds. The van der Waals surface area contributed by atoms with Crippen LogP contribution in [0.3, 0.4) is 0 Å². The maximum absolute atomic E-state index is 12.7. The molecule has 0 spiro atoms. The molecule has 0 bridgehead atoms. The molecule has 1 aliphatic heterocycles. The number of hydrogen-bond acceptors (Lipinski definition) is 4. The molecular weight excluding hydrogens is 314 g/mol. The van der Waals surface area contributed by atoms with Crippen LogP contribution in [0.4, 0.5) is 5.69 Å². The summed E-state index contributed by atoms with van der Waals surface area (Å²) < 4.78 is 5.28. The molecule has 0 radical (unpaired) electrons. The Labute approximate surface area is 140 Å². The van der Waals surface area contributed by atoms with Crippen molar-refractivity contribution in [2.45, 2.75) is 0 Å². The van der Waals surface area contributed by atoms with Gasteiger partial charge in [0, 0.05) is 38.6 Å². The van der Waals surface area contributed by atoms with Crippen LogP contribution in [0.25, 0.3) is 0 Å². The van der Waals surface area contributed by atoms with E-state index in [9.17, 15) is 4.79 Å². The minimum Gasteiger partial charge on any atom is -0.496 e. The van der Waals surface area contributed by atoms with Crippen molar-refractivity contribution in [3.63, 3.8) is 0 Å². The third-order valence-electron chi connectivity index (χ3n) is 4.00. The zero-order valence-electron chi connectivity index (χ0n) is 12.9. The summed E-state index contributed by atoms with van der Waals surface area (Å²) in [7, 11) is 1.58. The van der Waals surface area contributed by atoms with E-state index in [1.54, 1.807) is 31.6 Å². The van der Waals surface area contributed by atoms with E-state index < -0.39 is 0 Å². The Balaban J connectivity index is 1.69. The van der Waals surface area contributed by atoms with Gasteiger partial charge in [0.15, 0.2) is 0 Å². The number of ether oxygens (including phenoxy) is 1. The van der Waals surface area contributed by atoms with Crippen LogP contribution in [0.2, 0.25) is 5.02 Å². The molecule has 1 aromatic carbocycles. The number of methoxy groups -OCH3 is 1. The lowest BCUT2D eigenvalue weighted by atomic mass is 10.1. The fraction of sp³-hybridized carbons (Fsp3) is 0.294. The lowest BCUT2D eigenvalue weighted by Crippen LogP contribution is -2.49. The van der Waals surface area contributed by atoms with Crippen molar-refractivity contribution in [2.24, 2.45) is 0 Å². The van der Waals surface area contributed by atoms with Gasteiger partial charge in [-0.05, 0) is 18.2 Å². The molecule has 1 fully saturated rings. The van der Waals surface area contributed by atoms with Crippen molar-refractivity contribution >= 4 is 23.2 Å². The van der Waals surface area contributed by atoms with Crippen LogP contribution >= 0.6 is 11.6 Å². The van der Waals surface area contributed by atoms with E-state index in [4.69, 9.17) is 16.3 Å². The highest BCUT2D eigenvalue weighted by Crippen LogP contribution is 2.26. The molecule has 0 unspecified atom stereocenters. The van der Waals surface area contributed by atoms with Crippen LogP contribution in [0.1, 0.15) is 10.4 Å². The van der Waals surface area contributed by atoms with Crippen LogP contribution in [0, 0.1) is 0 Å². The summed E-state index contributed by atoms with van der Waals surface area (Å²) in [6.07, 6.45) is 3.37. The lowest BCUT2D eigenvalue weighted by Gasteiger charge is -2.36. The van der Waals surface area contributed by atoms with Crippen molar-refractivity contribution in [1.29, 1.82) is 0 Å². The third-order valence-corrected chi connectivity index (χ3v) is 4.29. The number of anilines is 1. The minimum absolute atomic E-state index is 0.00271. The first kappa shape index (κ1) is 15.6. The smallest absolute Gasteiger partial charge is 0.257 e. The number of rotatable bonds is 3. The summed E-state index contributed by atoms with van der Waals surface area (Å²) >= 11 is 6.19. The zero-order chi connectivity index (χ0) is 16.2. The Bertz CT molecular complexity index is 700. The number of pyridine rings is 1. The number of carbonyl (C=O) groups excluding carboxylic acids is 1. The van der Waals surface area contributed by atoms with Gasteiger partial charge in [0.05, 0.1) is 23.4 Å². The van der Waals surface area contributed by atoms with E-state index in [-0.39, 0.29) is 5.91 Å². The number of hydrogen-bond donors (Lipinski definition) is 0. The molecule has 6 heteroatoms. The van der Waals surface area contributed by atoms with Crippen LogP contribution < -0.4 is 9.64 Å². The van der Waals surface area contributed by atoms with Gasteiger partial charge in [-0.1, -0.05) is 23.7 Å². The van der Waals surface area contributed by atoms with Gasteiger partial charge in [-0.3, -0.25) is 9.78 Å². The van der Waals surface area contributed by atoms with Crippen LogP contribution in [0.15, 0.2) is 42.7 Å². The number of carbonyl (C=O) groups is 1. The Morgan fingerprint density at radius 3 is 2.61 bits per heavy atom. The molecule has 120 valence electrons. The second-order valence-corrected chi connectivity index (χ2v) is 5.71. The molecule has 1 saturated heterocycles. The monoisotopic (exact) mass is 331 g/mol. The number of benzene rings is 1. The van der Waals surface area contributed by atoms with Gasteiger partial charge in [0.2, 0.25) is 0 Å². The highest BCUT2D eigenvalue weighted by molar-refractivity contribution is 6.33. The molecule has 0 atom stereocenters. The second kappa shape index (κ2) is 6.87. The van der Waals surface area contributed by atoms with Gasteiger partial charge < -0.3 is 14.5 Å². The van der Waals surface area contributed by atoms with E-state index in [0.29, 0.717) is 29.4 Å². The molecule has 1 aliphatic rings. The topological polar surface area (TPSA) is 45.7 Å². The second-order valence-electron chi connectivity index (χ2n) is 5.31. The number of para-hydroxylation sites is 1. The SMILES string of the molecule is COc1ccccc1C(=O)N1CCN(c2ccncc2Cl)CC1. The van der Waals surface area contributed by atoms with Gasteiger partial charge in [0.1, 0.15) is 5.75 Å². The van der Waals surface area contributed by atoms with Gasteiger partial charge in [-0.15, -0.1) is 0 Å². The number of aromatic nitrogens is 1. The van der Waals surface area contributed by atoms with Crippen LogP contribution in [-0.4, -0.2) is 49.1 Å². The number of amides is 1. The highest BCUT2D eigenvalue weighted by atomic mass is 35.5. The molecular formula is C17H18ClN3O2. The van der Waals surface area contributed by atoms with Gasteiger partial charge in [-0.25, -0.2) is 0 Å². The average molecular weight is 332 g/mol. The third kappa shape index (κ3) is 3.24. The summed E-state index contributed by atoms with van der Waals surface area (Å²) in [5.74, 6) is 0.611. The molecule has 5 nitrogen and oxygen atoms in total. The first-order valence-electron chi connectivity index (χ1n) is 7.47. The number of halogens is 1. The van der Waals surface area contributed by atoms with Crippen molar-refractivity contribution in [1.82, 2.24) is 9.88 Å². The fourth-order valence-corrected chi connectivity index (χ4v) is 3.01. The first-order valence-corrected chi connectivity index (χ1v) is 7.85. The highest BCUT2D eigenvalue weighted by Gasteiger charge is 2.24. The Morgan fingerprint density at radius 1 is 1.17 bits per heavy atom. The average Bonchev–Trinajstić information content (AvgIpc) is 2.61. The summed E-state index contributed by atoms with van der Waals surface area (Å²) in [4.78, 5) is 20.7. The molecule has 0 N–H and O–H groups in total. The number of nitrogens with zero attached hydrogens (tertiary/aromatic N) is 3. The standard InChI is InChI=1S/C17H18ClN3O2/c1-23-16-5-3-2-4-13(16)17(22)21-10-8-20(9-11-21)15-6-7-19-12-14(15)18/h2-7,12H,8-11H2,1H3.